The molecule has 2 rings (SSSR count). The molecule has 1 aliphatic rings. The largest absolute Gasteiger partial charge is 0.480 e. The number of halogens is 2. The molecule has 0 amide bonds. The quantitative estimate of drug-likeness (QED) is 0.655. The molecule has 8 heteroatoms. The minimum atomic E-state index is -1.42. The molecule has 108 valence electrons. The van der Waals surface area contributed by atoms with Crippen molar-refractivity contribution in [3.8, 4) is 0 Å². The molecule has 0 unspecified atom stereocenters. The van der Waals surface area contributed by atoms with E-state index in [0.717, 1.165) is 0 Å². The van der Waals surface area contributed by atoms with E-state index in [2.05, 4.69) is 5.32 Å². The van der Waals surface area contributed by atoms with Crippen LogP contribution in [0.25, 0.3) is 0 Å². The Balaban J connectivity index is 2.38. The van der Waals surface area contributed by atoms with Gasteiger partial charge in [0.05, 0.1) is 17.1 Å². The van der Waals surface area contributed by atoms with E-state index in [-0.39, 0.29) is 12.8 Å². The Labute approximate surface area is 112 Å². The van der Waals surface area contributed by atoms with Crippen molar-refractivity contribution in [1.29, 1.82) is 0 Å². The number of carbonyl (C=O) groups is 1. The average molecular weight is 286 g/mol. The van der Waals surface area contributed by atoms with E-state index in [4.69, 9.17) is 0 Å². The molecule has 2 N–H and O–H groups in total. The van der Waals surface area contributed by atoms with E-state index < -0.39 is 39.4 Å². The van der Waals surface area contributed by atoms with Crippen LogP contribution in [0.3, 0.4) is 0 Å². The fourth-order valence-electron chi connectivity index (χ4n) is 2.39. The van der Waals surface area contributed by atoms with Gasteiger partial charge in [0, 0.05) is 0 Å². The van der Waals surface area contributed by atoms with E-state index in [1.807, 2.05) is 0 Å². The van der Waals surface area contributed by atoms with E-state index in [1.165, 1.54) is 0 Å². The van der Waals surface area contributed by atoms with E-state index in [9.17, 15) is 28.8 Å². The maximum Gasteiger partial charge on any atom is 0.329 e. The fraction of sp³-hybridized carbons (Fsp3) is 0.417. The molecule has 0 aliphatic heterocycles. The van der Waals surface area contributed by atoms with Gasteiger partial charge in [0.1, 0.15) is 11.2 Å². The summed E-state index contributed by atoms with van der Waals surface area (Å²) in [5.74, 6) is -3.54. The number of nitrogens with zero attached hydrogens (tertiary/aromatic N) is 1. The highest BCUT2D eigenvalue weighted by Crippen LogP contribution is 2.36. The molecule has 1 aliphatic carbocycles. The van der Waals surface area contributed by atoms with Crippen molar-refractivity contribution in [2.75, 3.05) is 5.32 Å². The van der Waals surface area contributed by atoms with Crippen LogP contribution in [0, 0.1) is 21.7 Å². The Morgan fingerprint density at radius 3 is 2.20 bits per heavy atom. The number of hydrogen-bond acceptors (Lipinski definition) is 4. The molecule has 0 spiro atoms. The third-order valence-corrected chi connectivity index (χ3v) is 3.47. The summed E-state index contributed by atoms with van der Waals surface area (Å²) in [5.41, 5.74) is -2.78. The second-order valence-electron chi connectivity index (χ2n) is 4.76. The van der Waals surface area contributed by atoms with Gasteiger partial charge in [0.2, 0.25) is 0 Å². The lowest BCUT2D eigenvalue weighted by Gasteiger charge is -2.27. The number of nitrogens with one attached hydrogen (secondary N) is 1. The summed E-state index contributed by atoms with van der Waals surface area (Å²) < 4.78 is 27.5. The van der Waals surface area contributed by atoms with Gasteiger partial charge in [0.25, 0.3) is 5.69 Å². The van der Waals surface area contributed by atoms with Gasteiger partial charge in [-0.1, -0.05) is 12.8 Å². The molecule has 0 saturated heterocycles. The van der Waals surface area contributed by atoms with Crippen LogP contribution in [0.15, 0.2) is 12.1 Å². The molecule has 1 aromatic rings. The Hall–Kier alpha value is -2.25. The number of rotatable bonds is 4. The number of benzene rings is 1. The van der Waals surface area contributed by atoms with Crippen LogP contribution in [0.2, 0.25) is 0 Å². The molecule has 1 aromatic carbocycles. The summed E-state index contributed by atoms with van der Waals surface area (Å²) in [4.78, 5) is 20.9. The van der Waals surface area contributed by atoms with Crippen molar-refractivity contribution in [2.45, 2.75) is 31.2 Å². The van der Waals surface area contributed by atoms with Crippen molar-refractivity contribution in [3.63, 3.8) is 0 Å². The fourth-order valence-corrected chi connectivity index (χ4v) is 2.39. The smallest absolute Gasteiger partial charge is 0.329 e. The first kappa shape index (κ1) is 14.2. The number of anilines is 1. The first-order valence-electron chi connectivity index (χ1n) is 6.01. The second-order valence-corrected chi connectivity index (χ2v) is 4.76. The maximum atomic E-state index is 13.8. The summed E-state index contributed by atoms with van der Waals surface area (Å²) in [7, 11) is 0. The molecule has 0 bridgehead atoms. The normalized spacial score (nSPS) is 16.9. The first-order chi connectivity index (χ1) is 9.35. The predicted molar refractivity (Wildman–Crippen MR) is 65.5 cm³/mol. The zero-order chi connectivity index (χ0) is 14.9. The zero-order valence-corrected chi connectivity index (χ0v) is 10.4. The van der Waals surface area contributed by atoms with Gasteiger partial charge < -0.3 is 10.4 Å². The van der Waals surface area contributed by atoms with Crippen LogP contribution in [0.1, 0.15) is 25.7 Å². The van der Waals surface area contributed by atoms with Crippen LogP contribution in [-0.4, -0.2) is 21.5 Å². The van der Waals surface area contributed by atoms with Gasteiger partial charge >= 0.3 is 5.97 Å². The number of hydrogen-bond donors (Lipinski definition) is 2. The highest BCUT2D eigenvalue weighted by Gasteiger charge is 2.42. The number of nitro benzene ring substituents is 1. The molecule has 20 heavy (non-hydrogen) atoms. The zero-order valence-electron chi connectivity index (χ0n) is 10.4. The van der Waals surface area contributed by atoms with Crippen LogP contribution in [0.5, 0.6) is 0 Å². The third-order valence-electron chi connectivity index (χ3n) is 3.47. The number of carboxylic acids is 1. The van der Waals surface area contributed by atoms with Gasteiger partial charge in [0.15, 0.2) is 11.6 Å². The van der Waals surface area contributed by atoms with Crippen molar-refractivity contribution in [2.24, 2.45) is 0 Å². The lowest BCUT2D eigenvalue weighted by Crippen LogP contribution is -2.44. The van der Waals surface area contributed by atoms with Crippen molar-refractivity contribution in [1.82, 2.24) is 0 Å². The van der Waals surface area contributed by atoms with Gasteiger partial charge in [-0.3, -0.25) is 10.1 Å². The molecule has 1 saturated carbocycles. The molecule has 0 heterocycles. The van der Waals surface area contributed by atoms with Gasteiger partial charge in [-0.2, -0.15) is 0 Å². The highest BCUT2D eigenvalue weighted by atomic mass is 19.1. The molecule has 0 radical (unpaired) electrons. The molecule has 1 fully saturated rings. The highest BCUT2D eigenvalue weighted by molar-refractivity contribution is 5.83. The Morgan fingerprint density at radius 2 is 1.80 bits per heavy atom. The van der Waals surface area contributed by atoms with E-state index in [1.54, 1.807) is 0 Å². The summed E-state index contributed by atoms with van der Waals surface area (Å²) in [6, 6.07) is 1.13. The van der Waals surface area contributed by atoms with Crippen molar-refractivity contribution in [3.05, 3.63) is 33.9 Å². The summed E-state index contributed by atoms with van der Waals surface area (Å²) >= 11 is 0. The summed E-state index contributed by atoms with van der Waals surface area (Å²) in [5, 5.41) is 22.1. The van der Waals surface area contributed by atoms with E-state index >= 15 is 0 Å². The molecular formula is C12H12F2N2O4. The standard InChI is InChI=1S/C12H12F2N2O4/c13-8-5-7(16(19)20)6-9(14)10(8)15-12(11(17)18)3-1-2-4-12/h5-6,15H,1-4H2,(H,17,18). The SMILES string of the molecule is O=C(O)C1(Nc2c(F)cc([N+](=O)[O-])cc2F)CCCC1. The molecule has 6 nitrogen and oxygen atoms in total. The second kappa shape index (κ2) is 5.03. The van der Waals surface area contributed by atoms with Crippen LogP contribution in [0.4, 0.5) is 20.2 Å². The number of carboxylic acid groups (broad SMARTS) is 1. The number of nitro groups is 1. The predicted octanol–water partition coefficient (Wildman–Crippen LogP) is 2.68. The minimum absolute atomic E-state index is 0.248. The monoisotopic (exact) mass is 286 g/mol. The van der Waals surface area contributed by atoms with Crippen LogP contribution < -0.4 is 5.32 Å². The lowest BCUT2D eigenvalue weighted by atomic mass is 9.97. The molecule has 0 aromatic heterocycles. The van der Waals surface area contributed by atoms with Crippen LogP contribution >= 0.6 is 0 Å². The third kappa shape index (κ3) is 2.40. The summed E-state index contributed by atoms with van der Waals surface area (Å²) in [6.45, 7) is 0. The van der Waals surface area contributed by atoms with Crippen LogP contribution in [-0.2, 0) is 4.79 Å². The van der Waals surface area contributed by atoms with Crippen molar-refractivity contribution < 1.29 is 23.6 Å². The number of aliphatic carboxylic acids is 1. The average Bonchev–Trinajstić information content (AvgIpc) is 2.83. The Morgan fingerprint density at radius 1 is 1.30 bits per heavy atom. The molecule has 0 atom stereocenters. The molecular weight excluding hydrogens is 274 g/mol. The van der Waals surface area contributed by atoms with Gasteiger partial charge in [-0.05, 0) is 12.8 Å². The number of non-ortho nitro benzene ring substituents is 1. The van der Waals surface area contributed by atoms with E-state index in [0.29, 0.717) is 25.0 Å². The Bertz CT molecular complexity index is 548. The lowest BCUT2D eigenvalue weighted by molar-refractivity contribution is -0.385. The Kier molecular flexibility index (Phi) is 3.56. The minimum Gasteiger partial charge on any atom is -0.480 e. The maximum absolute atomic E-state index is 13.8. The van der Waals surface area contributed by atoms with Crippen molar-refractivity contribution >= 4 is 17.3 Å². The topological polar surface area (TPSA) is 92.5 Å². The first-order valence-corrected chi connectivity index (χ1v) is 6.01. The van der Waals surface area contributed by atoms with Gasteiger partial charge in [-0.15, -0.1) is 0 Å². The summed E-state index contributed by atoms with van der Waals surface area (Å²) in [6.07, 6.45) is 1.77. The van der Waals surface area contributed by atoms with Gasteiger partial charge in [-0.25, -0.2) is 13.6 Å².